The minimum Gasteiger partial charge on any atom is -0.229 e. The van der Waals surface area contributed by atoms with Crippen molar-refractivity contribution in [3.63, 3.8) is 0 Å². The quantitative estimate of drug-likeness (QED) is 0.807. The molecule has 0 aliphatic heterocycles. The average Bonchev–Trinajstić information content (AvgIpc) is 2.74. The van der Waals surface area contributed by atoms with Gasteiger partial charge in [0, 0.05) is 6.42 Å². The molecule has 2 rings (SSSR count). The number of aromatic nitrogens is 3. The van der Waals surface area contributed by atoms with Crippen molar-refractivity contribution < 1.29 is 13.2 Å². The maximum atomic E-state index is 12.7. The van der Waals surface area contributed by atoms with Crippen LogP contribution in [0, 0.1) is 0 Å². The van der Waals surface area contributed by atoms with Crippen LogP contribution in [0.4, 0.5) is 13.2 Å². The fourth-order valence-corrected chi connectivity index (χ4v) is 1.92. The van der Waals surface area contributed by atoms with E-state index in [1.54, 1.807) is 13.8 Å². The standard InChI is InChI=1S/C13H13ClF3N3/c1-12(2,14)20-10(8-9-6-4-3-5-7-9)18-11(19-20)13(15,16)17/h3-7H,8H2,1-2H3. The summed E-state index contributed by atoms with van der Waals surface area (Å²) in [5.74, 6) is -0.985. The molecule has 0 atom stereocenters. The molecular weight excluding hydrogens is 291 g/mol. The van der Waals surface area contributed by atoms with Crippen LogP contribution in [0.15, 0.2) is 30.3 Å². The summed E-state index contributed by atoms with van der Waals surface area (Å²) in [6.07, 6.45) is -4.35. The van der Waals surface area contributed by atoms with E-state index in [2.05, 4.69) is 10.1 Å². The van der Waals surface area contributed by atoms with Crippen LogP contribution in [0.2, 0.25) is 0 Å². The van der Waals surface area contributed by atoms with Crippen molar-refractivity contribution >= 4 is 11.6 Å². The van der Waals surface area contributed by atoms with Crippen molar-refractivity contribution in [2.45, 2.75) is 31.4 Å². The number of alkyl halides is 4. The van der Waals surface area contributed by atoms with E-state index in [0.29, 0.717) is 0 Å². The van der Waals surface area contributed by atoms with Gasteiger partial charge in [0.15, 0.2) is 0 Å². The number of hydrogen-bond donors (Lipinski definition) is 0. The molecule has 0 N–H and O–H groups in total. The normalized spacial score (nSPS) is 12.7. The summed E-state index contributed by atoms with van der Waals surface area (Å²) in [5.41, 5.74) is 0.843. The molecule has 0 saturated carbocycles. The first-order valence-electron chi connectivity index (χ1n) is 5.94. The minimum atomic E-state index is -4.58. The van der Waals surface area contributed by atoms with Crippen molar-refractivity contribution in [2.75, 3.05) is 0 Å². The predicted molar refractivity (Wildman–Crippen MR) is 69.4 cm³/mol. The first-order chi connectivity index (χ1) is 9.18. The van der Waals surface area contributed by atoms with Crippen molar-refractivity contribution in [3.05, 3.63) is 47.5 Å². The molecule has 0 spiro atoms. The number of halogens is 4. The fraction of sp³-hybridized carbons (Fsp3) is 0.385. The molecule has 0 bridgehead atoms. The fourth-order valence-electron chi connectivity index (χ4n) is 1.78. The summed E-state index contributed by atoms with van der Waals surface area (Å²) in [5, 5.41) is 3.50. The molecule has 0 amide bonds. The lowest BCUT2D eigenvalue weighted by molar-refractivity contribution is -0.145. The van der Waals surface area contributed by atoms with Crippen molar-refractivity contribution in [2.24, 2.45) is 0 Å². The third kappa shape index (κ3) is 3.30. The first-order valence-corrected chi connectivity index (χ1v) is 6.32. The Bertz CT molecular complexity index is 585. The monoisotopic (exact) mass is 303 g/mol. The highest BCUT2D eigenvalue weighted by atomic mass is 35.5. The smallest absolute Gasteiger partial charge is 0.229 e. The highest BCUT2D eigenvalue weighted by Gasteiger charge is 2.38. The largest absolute Gasteiger partial charge is 0.453 e. The highest BCUT2D eigenvalue weighted by Crippen LogP contribution is 2.30. The Morgan fingerprint density at radius 1 is 1.15 bits per heavy atom. The number of hydrogen-bond acceptors (Lipinski definition) is 2. The molecule has 1 aromatic heterocycles. The van der Waals surface area contributed by atoms with Gasteiger partial charge in [-0.05, 0) is 19.4 Å². The Balaban J connectivity index is 2.43. The second-order valence-electron chi connectivity index (χ2n) is 4.83. The molecule has 7 heteroatoms. The van der Waals surface area contributed by atoms with Crippen LogP contribution >= 0.6 is 11.6 Å². The molecule has 3 nitrogen and oxygen atoms in total. The Morgan fingerprint density at radius 3 is 2.25 bits per heavy atom. The maximum Gasteiger partial charge on any atom is 0.453 e. The van der Waals surface area contributed by atoms with Crippen LogP contribution in [-0.4, -0.2) is 14.8 Å². The molecule has 1 aromatic carbocycles. The molecule has 0 unspecified atom stereocenters. The zero-order chi connectivity index (χ0) is 15.0. The molecule has 0 aliphatic rings. The second-order valence-corrected chi connectivity index (χ2v) is 5.76. The maximum absolute atomic E-state index is 12.7. The second kappa shape index (κ2) is 5.09. The Morgan fingerprint density at radius 2 is 1.75 bits per heavy atom. The van der Waals surface area contributed by atoms with E-state index in [1.165, 1.54) is 0 Å². The van der Waals surface area contributed by atoms with Gasteiger partial charge in [-0.25, -0.2) is 9.67 Å². The van der Waals surface area contributed by atoms with Crippen LogP contribution < -0.4 is 0 Å². The Kier molecular flexibility index (Phi) is 3.77. The summed E-state index contributed by atoms with van der Waals surface area (Å²) in [7, 11) is 0. The van der Waals surface area contributed by atoms with E-state index in [9.17, 15) is 13.2 Å². The van der Waals surface area contributed by atoms with E-state index in [0.717, 1.165) is 10.2 Å². The predicted octanol–water partition coefficient (Wildman–Crippen LogP) is 3.82. The van der Waals surface area contributed by atoms with E-state index >= 15 is 0 Å². The SMILES string of the molecule is CC(C)(Cl)n1nc(C(F)(F)F)nc1Cc1ccccc1. The van der Waals surface area contributed by atoms with Crippen LogP contribution in [0.5, 0.6) is 0 Å². The lowest BCUT2D eigenvalue weighted by Crippen LogP contribution is -2.23. The van der Waals surface area contributed by atoms with Gasteiger partial charge in [0.2, 0.25) is 0 Å². The zero-order valence-corrected chi connectivity index (χ0v) is 11.7. The third-order valence-corrected chi connectivity index (χ3v) is 2.80. The van der Waals surface area contributed by atoms with E-state index in [4.69, 9.17) is 11.6 Å². The van der Waals surface area contributed by atoms with Gasteiger partial charge in [-0.3, -0.25) is 0 Å². The molecule has 0 saturated heterocycles. The van der Waals surface area contributed by atoms with Gasteiger partial charge in [-0.2, -0.15) is 13.2 Å². The van der Waals surface area contributed by atoms with Crippen molar-refractivity contribution in [3.8, 4) is 0 Å². The molecular formula is C13H13ClF3N3. The number of benzene rings is 1. The van der Waals surface area contributed by atoms with Crippen molar-refractivity contribution in [1.29, 1.82) is 0 Å². The van der Waals surface area contributed by atoms with Gasteiger partial charge in [-0.1, -0.05) is 41.9 Å². The summed E-state index contributed by atoms with van der Waals surface area (Å²) < 4.78 is 39.3. The van der Waals surface area contributed by atoms with Crippen LogP contribution in [0.1, 0.15) is 31.1 Å². The molecule has 2 aromatic rings. The molecule has 0 aliphatic carbocycles. The Labute approximate surface area is 119 Å². The van der Waals surface area contributed by atoms with Gasteiger partial charge < -0.3 is 0 Å². The van der Waals surface area contributed by atoms with Gasteiger partial charge in [-0.15, -0.1) is 5.10 Å². The average molecular weight is 304 g/mol. The first kappa shape index (κ1) is 14.8. The van der Waals surface area contributed by atoms with Crippen molar-refractivity contribution in [1.82, 2.24) is 14.8 Å². The zero-order valence-electron chi connectivity index (χ0n) is 10.9. The van der Waals surface area contributed by atoms with Gasteiger partial charge in [0.1, 0.15) is 10.8 Å². The van der Waals surface area contributed by atoms with E-state index < -0.39 is 17.0 Å². The van der Waals surface area contributed by atoms with E-state index in [-0.39, 0.29) is 12.2 Å². The summed E-state index contributed by atoms with van der Waals surface area (Å²) in [6.45, 7) is 3.13. The summed E-state index contributed by atoms with van der Waals surface area (Å²) in [6, 6.07) is 9.08. The Hall–Kier alpha value is -1.56. The minimum absolute atomic E-state index is 0.184. The van der Waals surface area contributed by atoms with Gasteiger partial charge in [0.25, 0.3) is 5.82 Å². The molecule has 1 heterocycles. The van der Waals surface area contributed by atoms with Gasteiger partial charge >= 0.3 is 6.18 Å². The molecule has 0 radical (unpaired) electrons. The lowest BCUT2D eigenvalue weighted by atomic mass is 10.1. The third-order valence-electron chi connectivity index (χ3n) is 2.64. The van der Waals surface area contributed by atoms with Gasteiger partial charge in [0.05, 0.1) is 0 Å². The van der Waals surface area contributed by atoms with Crippen LogP contribution in [-0.2, 0) is 17.6 Å². The van der Waals surface area contributed by atoms with E-state index in [1.807, 2.05) is 30.3 Å². The number of nitrogens with zero attached hydrogens (tertiary/aromatic N) is 3. The highest BCUT2D eigenvalue weighted by molar-refractivity contribution is 6.21. The number of rotatable bonds is 3. The van der Waals surface area contributed by atoms with Crippen LogP contribution in [0.25, 0.3) is 0 Å². The molecule has 0 fully saturated rings. The lowest BCUT2D eigenvalue weighted by Gasteiger charge is -2.18. The topological polar surface area (TPSA) is 30.7 Å². The molecule has 108 valence electrons. The van der Waals surface area contributed by atoms with Crippen LogP contribution in [0.3, 0.4) is 0 Å². The molecule has 20 heavy (non-hydrogen) atoms. The summed E-state index contributed by atoms with van der Waals surface area (Å²) >= 11 is 6.09. The summed E-state index contributed by atoms with van der Waals surface area (Å²) in [4.78, 5) is 2.50.